The molecule has 0 bridgehead atoms. The minimum Gasteiger partial charge on any atom is -0.383 e. The van der Waals surface area contributed by atoms with Gasteiger partial charge in [-0.2, -0.15) is 0 Å². The predicted molar refractivity (Wildman–Crippen MR) is 112 cm³/mol. The zero-order valence-corrected chi connectivity index (χ0v) is 17.1. The Morgan fingerprint density at radius 3 is 2.61 bits per heavy atom. The van der Waals surface area contributed by atoms with Gasteiger partial charge in [0, 0.05) is 52.9 Å². The molecule has 7 heteroatoms. The Hall–Kier alpha value is -2.18. The highest BCUT2D eigenvalue weighted by Crippen LogP contribution is 2.43. The Morgan fingerprint density at radius 1 is 1.14 bits per heavy atom. The first-order chi connectivity index (χ1) is 13.5. The van der Waals surface area contributed by atoms with E-state index >= 15 is 0 Å². The Morgan fingerprint density at radius 2 is 1.96 bits per heavy atom. The number of aryl methyl sites for hydroxylation is 1. The molecule has 3 nitrogen and oxygen atoms in total. The summed E-state index contributed by atoms with van der Waals surface area (Å²) < 4.78 is 17.2. The SMILES string of the molecule is Cn1cc(-c2ccc(Cl)cc2F)c(C(O)c2cccnc2)c1-c1ccc(Cl)s1. The molecule has 0 amide bonds. The summed E-state index contributed by atoms with van der Waals surface area (Å²) in [5, 5.41) is 11.5. The molecule has 0 radical (unpaired) electrons. The summed E-state index contributed by atoms with van der Waals surface area (Å²) in [6.07, 6.45) is 4.06. The van der Waals surface area contributed by atoms with Crippen molar-refractivity contribution in [2.45, 2.75) is 6.10 Å². The van der Waals surface area contributed by atoms with Gasteiger partial charge in [-0.15, -0.1) is 11.3 Å². The molecule has 1 aromatic carbocycles. The van der Waals surface area contributed by atoms with E-state index in [2.05, 4.69) is 4.98 Å². The van der Waals surface area contributed by atoms with Gasteiger partial charge in [-0.25, -0.2) is 4.39 Å². The molecule has 3 aromatic heterocycles. The van der Waals surface area contributed by atoms with Gasteiger partial charge in [0.25, 0.3) is 0 Å². The van der Waals surface area contributed by atoms with E-state index in [1.54, 1.807) is 42.7 Å². The maximum atomic E-state index is 14.7. The summed E-state index contributed by atoms with van der Waals surface area (Å²) in [5.41, 5.74) is 2.94. The van der Waals surface area contributed by atoms with Crippen LogP contribution in [0.15, 0.2) is 61.1 Å². The van der Waals surface area contributed by atoms with Crippen molar-refractivity contribution in [3.63, 3.8) is 0 Å². The third-order valence-corrected chi connectivity index (χ3v) is 6.00. The minimum absolute atomic E-state index is 0.316. The van der Waals surface area contributed by atoms with Crippen molar-refractivity contribution < 1.29 is 9.50 Å². The molecule has 3 heterocycles. The van der Waals surface area contributed by atoms with Gasteiger partial charge in [-0.1, -0.05) is 29.3 Å². The van der Waals surface area contributed by atoms with Crippen LogP contribution in [0, 0.1) is 5.82 Å². The smallest absolute Gasteiger partial charge is 0.132 e. The molecule has 4 aromatic rings. The number of thiophene rings is 1. The summed E-state index contributed by atoms with van der Waals surface area (Å²) in [5.74, 6) is -0.450. The van der Waals surface area contributed by atoms with Crippen molar-refractivity contribution in [3.05, 3.63) is 87.4 Å². The average Bonchev–Trinajstić information content (AvgIpc) is 3.24. The number of aliphatic hydroxyl groups is 1. The summed E-state index contributed by atoms with van der Waals surface area (Å²) >= 11 is 13.5. The van der Waals surface area contributed by atoms with Crippen molar-refractivity contribution in [2.75, 3.05) is 0 Å². The van der Waals surface area contributed by atoms with Crippen LogP contribution < -0.4 is 0 Å². The number of halogens is 3. The highest BCUT2D eigenvalue weighted by atomic mass is 35.5. The monoisotopic (exact) mass is 432 g/mol. The van der Waals surface area contributed by atoms with Gasteiger partial charge in [0.2, 0.25) is 0 Å². The lowest BCUT2D eigenvalue weighted by Crippen LogP contribution is -2.03. The molecule has 1 N–H and O–H groups in total. The van der Waals surface area contributed by atoms with Crippen LogP contribution in [-0.2, 0) is 7.05 Å². The van der Waals surface area contributed by atoms with E-state index in [-0.39, 0.29) is 0 Å². The van der Waals surface area contributed by atoms with E-state index in [9.17, 15) is 9.50 Å². The molecule has 0 aliphatic heterocycles. The number of aromatic nitrogens is 2. The zero-order valence-electron chi connectivity index (χ0n) is 14.7. The highest BCUT2D eigenvalue weighted by molar-refractivity contribution is 7.19. The van der Waals surface area contributed by atoms with Crippen LogP contribution in [-0.4, -0.2) is 14.7 Å². The fourth-order valence-electron chi connectivity index (χ4n) is 3.30. The normalized spacial score (nSPS) is 12.3. The molecular formula is C21H15Cl2FN2OS. The molecule has 28 heavy (non-hydrogen) atoms. The maximum absolute atomic E-state index is 14.7. The molecule has 0 aliphatic rings. The van der Waals surface area contributed by atoms with Crippen molar-refractivity contribution in [1.82, 2.24) is 9.55 Å². The molecule has 0 aliphatic carbocycles. The number of nitrogens with zero attached hydrogens (tertiary/aromatic N) is 2. The molecular weight excluding hydrogens is 418 g/mol. The number of pyridine rings is 1. The fourth-order valence-corrected chi connectivity index (χ4v) is 4.60. The number of aliphatic hydroxyl groups excluding tert-OH is 1. The molecule has 1 unspecified atom stereocenters. The topological polar surface area (TPSA) is 38.0 Å². The second kappa shape index (κ2) is 7.68. The summed E-state index contributed by atoms with van der Waals surface area (Å²) in [6.45, 7) is 0. The van der Waals surface area contributed by atoms with Gasteiger partial charge < -0.3 is 9.67 Å². The average molecular weight is 433 g/mol. The van der Waals surface area contributed by atoms with Gasteiger partial charge >= 0.3 is 0 Å². The van der Waals surface area contributed by atoms with Crippen molar-refractivity contribution in [1.29, 1.82) is 0 Å². The molecule has 0 spiro atoms. The summed E-state index contributed by atoms with van der Waals surface area (Å²) in [6, 6.07) is 11.8. The van der Waals surface area contributed by atoms with Crippen LogP contribution in [0.4, 0.5) is 4.39 Å². The van der Waals surface area contributed by atoms with Gasteiger partial charge in [0.05, 0.1) is 14.9 Å². The summed E-state index contributed by atoms with van der Waals surface area (Å²) in [4.78, 5) is 4.98. The first-order valence-corrected chi connectivity index (χ1v) is 10.0. The maximum Gasteiger partial charge on any atom is 0.132 e. The van der Waals surface area contributed by atoms with Crippen LogP contribution in [0.25, 0.3) is 21.7 Å². The Kier molecular flexibility index (Phi) is 5.25. The fraction of sp³-hybridized carbons (Fsp3) is 0.0952. The lowest BCUT2D eigenvalue weighted by atomic mass is 9.94. The van der Waals surface area contributed by atoms with Crippen LogP contribution in [0.5, 0.6) is 0 Å². The molecule has 4 rings (SSSR count). The first kappa shape index (κ1) is 19.2. The van der Waals surface area contributed by atoms with Crippen molar-refractivity contribution in [2.24, 2.45) is 7.05 Å². The highest BCUT2D eigenvalue weighted by Gasteiger charge is 2.26. The number of hydrogen-bond donors (Lipinski definition) is 1. The van der Waals surface area contributed by atoms with E-state index in [1.165, 1.54) is 17.4 Å². The number of benzene rings is 1. The van der Waals surface area contributed by atoms with Crippen LogP contribution in [0.1, 0.15) is 17.2 Å². The van der Waals surface area contributed by atoms with Crippen molar-refractivity contribution in [3.8, 4) is 21.7 Å². The van der Waals surface area contributed by atoms with Gasteiger partial charge in [-0.05, 0) is 36.4 Å². The largest absolute Gasteiger partial charge is 0.383 e. The van der Waals surface area contributed by atoms with Crippen LogP contribution >= 0.6 is 34.5 Å². The number of rotatable bonds is 4. The van der Waals surface area contributed by atoms with Crippen LogP contribution in [0.3, 0.4) is 0 Å². The van der Waals surface area contributed by atoms with E-state index in [1.807, 2.05) is 23.9 Å². The Labute approximate surface area is 175 Å². The third kappa shape index (κ3) is 3.47. The van der Waals surface area contributed by atoms with E-state index in [4.69, 9.17) is 23.2 Å². The van der Waals surface area contributed by atoms with Gasteiger partial charge in [0.15, 0.2) is 0 Å². The summed E-state index contributed by atoms with van der Waals surface area (Å²) in [7, 11) is 1.86. The van der Waals surface area contributed by atoms with E-state index in [0.29, 0.717) is 31.6 Å². The predicted octanol–water partition coefficient (Wildman–Crippen LogP) is 6.34. The molecule has 0 saturated heterocycles. The molecule has 142 valence electrons. The zero-order chi connectivity index (χ0) is 19.8. The Bertz CT molecular complexity index is 1140. The van der Waals surface area contributed by atoms with Gasteiger partial charge in [-0.3, -0.25) is 4.98 Å². The lowest BCUT2D eigenvalue weighted by Gasteiger charge is -2.15. The van der Waals surface area contributed by atoms with E-state index < -0.39 is 11.9 Å². The minimum atomic E-state index is -0.990. The quantitative estimate of drug-likeness (QED) is 0.408. The third-order valence-electron chi connectivity index (χ3n) is 4.52. The van der Waals surface area contributed by atoms with E-state index in [0.717, 1.165) is 10.6 Å². The number of hydrogen-bond acceptors (Lipinski definition) is 3. The Balaban J connectivity index is 1.99. The standard InChI is InChI=1S/C21H15Cl2FN2OS/c1-26-11-15(14-5-4-13(22)9-16(14)24)19(20(26)17-6-7-18(23)28-17)21(27)12-3-2-8-25-10-12/h2-11,21,27H,1H3. The van der Waals surface area contributed by atoms with Crippen LogP contribution in [0.2, 0.25) is 9.36 Å². The van der Waals surface area contributed by atoms with Crippen molar-refractivity contribution >= 4 is 34.5 Å². The molecule has 1 atom stereocenters. The second-order valence-corrected chi connectivity index (χ2v) is 8.48. The lowest BCUT2D eigenvalue weighted by molar-refractivity contribution is 0.221. The van der Waals surface area contributed by atoms with Gasteiger partial charge in [0.1, 0.15) is 11.9 Å². The second-order valence-electron chi connectivity index (χ2n) is 6.33. The molecule has 0 fully saturated rings. The molecule has 0 saturated carbocycles. The first-order valence-electron chi connectivity index (χ1n) is 8.44.